The van der Waals surface area contributed by atoms with E-state index in [1.165, 1.54) is 11.3 Å². The van der Waals surface area contributed by atoms with Crippen LogP contribution in [-0.4, -0.2) is 14.5 Å². The van der Waals surface area contributed by atoms with Crippen LogP contribution in [0.4, 0.5) is 0 Å². The lowest BCUT2D eigenvalue weighted by atomic mass is 10.3. The third-order valence-corrected chi connectivity index (χ3v) is 4.71. The quantitative estimate of drug-likeness (QED) is 0.673. The molecule has 0 radical (unpaired) electrons. The molecule has 0 saturated carbocycles. The summed E-state index contributed by atoms with van der Waals surface area (Å²) in [6.07, 6.45) is 0. The first kappa shape index (κ1) is 13.1. The summed E-state index contributed by atoms with van der Waals surface area (Å²) in [5.41, 5.74) is 2.99. The van der Waals surface area contributed by atoms with Crippen LogP contribution < -0.4 is 0 Å². The fourth-order valence-corrected chi connectivity index (χ4v) is 3.54. The van der Waals surface area contributed by atoms with Crippen molar-refractivity contribution in [3.05, 3.63) is 43.5 Å². The van der Waals surface area contributed by atoms with Crippen LogP contribution in [-0.2, 0) is 6.54 Å². The van der Waals surface area contributed by atoms with Crippen molar-refractivity contribution in [3.63, 3.8) is 0 Å². The fourth-order valence-electron chi connectivity index (χ4n) is 2.11. The van der Waals surface area contributed by atoms with Crippen molar-refractivity contribution in [2.45, 2.75) is 20.4 Å². The van der Waals surface area contributed by atoms with Crippen molar-refractivity contribution in [2.24, 2.45) is 0 Å². The van der Waals surface area contributed by atoms with Crippen LogP contribution in [0.15, 0.2) is 22.7 Å². The minimum Gasteiger partial charge on any atom is -0.322 e. The molecule has 0 aliphatic heterocycles. The Hall–Kier alpha value is -0.910. The highest BCUT2D eigenvalue weighted by Gasteiger charge is 2.12. The van der Waals surface area contributed by atoms with E-state index in [9.17, 15) is 0 Å². The van der Waals surface area contributed by atoms with E-state index in [1.807, 2.05) is 26.0 Å². The van der Waals surface area contributed by atoms with E-state index in [-0.39, 0.29) is 0 Å². The van der Waals surface area contributed by atoms with Crippen molar-refractivity contribution < 1.29 is 0 Å². The smallest absolute Gasteiger partial charge is 0.118 e. The van der Waals surface area contributed by atoms with Gasteiger partial charge in [0, 0.05) is 4.47 Å². The summed E-state index contributed by atoms with van der Waals surface area (Å²) in [6.45, 7) is 4.62. The monoisotopic (exact) mass is 355 g/mol. The summed E-state index contributed by atoms with van der Waals surface area (Å²) in [5.74, 6) is 0.967. The average Bonchev–Trinajstić information content (AvgIpc) is 2.81. The van der Waals surface area contributed by atoms with E-state index < -0.39 is 0 Å². The molecular formula is C13H11BrClN3S. The van der Waals surface area contributed by atoms with E-state index in [1.54, 1.807) is 0 Å². The highest BCUT2D eigenvalue weighted by Crippen LogP contribution is 2.27. The molecule has 2 heterocycles. The lowest BCUT2D eigenvalue weighted by Crippen LogP contribution is -2.02. The van der Waals surface area contributed by atoms with Crippen molar-refractivity contribution in [2.75, 3.05) is 0 Å². The van der Waals surface area contributed by atoms with E-state index in [0.717, 1.165) is 36.4 Å². The fraction of sp³-hybridized carbons (Fsp3) is 0.231. The number of aromatic nitrogens is 3. The van der Waals surface area contributed by atoms with Crippen molar-refractivity contribution in [1.82, 2.24) is 14.5 Å². The van der Waals surface area contributed by atoms with Gasteiger partial charge in [-0.3, -0.25) is 0 Å². The van der Waals surface area contributed by atoms with Crippen LogP contribution in [0.2, 0.25) is 4.34 Å². The molecule has 3 rings (SSSR count). The third kappa shape index (κ3) is 2.42. The molecule has 0 aliphatic carbocycles. The van der Waals surface area contributed by atoms with Crippen molar-refractivity contribution >= 4 is 49.9 Å². The average molecular weight is 357 g/mol. The lowest BCUT2D eigenvalue weighted by Gasteiger charge is -2.05. The van der Waals surface area contributed by atoms with E-state index in [2.05, 4.69) is 36.5 Å². The molecule has 0 amide bonds. The largest absolute Gasteiger partial charge is 0.322 e. The molecule has 0 aliphatic rings. The summed E-state index contributed by atoms with van der Waals surface area (Å²) in [4.78, 5) is 9.04. The number of hydrogen-bond donors (Lipinski definition) is 0. The molecule has 0 spiro atoms. The topological polar surface area (TPSA) is 30.7 Å². The van der Waals surface area contributed by atoms with Crippen molar-refractivity contribution in [3.8, 4) is 0 Å². The van der Waals surface area contributed by atoms with Gasteiger partial charge in [0.2, 0.25) is 0 Å². The Morgan fingerprint density at radius 2 is 2.11 bits per heavy atom. The predicted octanol–water partition coefficient (Wildman–Crippen LogP) is 4.57. The number of nitrogens with zero attached hydrogens (tertiary/aromatic N) is 3. The number of thiazole rings is 1. The number of aryl methyl sites for hydroxylation is 2. The number of hydrogen-bond acceptors (Lipinski definition) is 3. The van der Waals surface area contributed by atoms with Gasteiger partial charge in [-0.05, 0) is 32.0 Å². The number of imidazole rings is 1. The molecule has 3 nitrogen and oxygen atoms in total. The standard InChI is InChI=1S/C13H11BrClN3S/c1-7-16-10-4-3-9(14)5-12(10)18(7)6-11-13(15)19-8(2)17-11/h3-5H,6H2,1-2H3. The Morgan fingerprint density at radius 3 is 2.79 bits per heavy atom. The maximum absolute atomic E-state index is 6.21. The van der Waals surface area contributed by atoms with Crippen LogP contribution in [0, 0.1) is 13.8 Å². The molecule has 6 heteroatoms. The Bertz CT molecular complexity index is 763. The lowest BCUT2D eigenvalue weighted by molar-refractivity contribution is 0.767. The molecule has 98 valence electrons. The second-order valence-corrected chi connectivity index (χ2v) is 7.05. The maximum Gasteiger partial charge on any atom is 0.118 e. The Morgan fingerprint density at radius 1 is 1.32 bits per heavy atom. The van der Waals surface area contributed by atoms with Crippen molar-refractivity contribution in [1.29, 1.82) is 0 Å². The zero-order chi connectivity index (χ0) is 13.6. The Kier molecular flexibility index (Phi) is 3.37. The molecule has 19 heavy (non-hydrogen) atoms. The first-order valence-electron chi connectivity index (χ1n) is 5.79. The number of rotatable bonds is 2. The zero-order valence-corrected chi connectivity index (χ0v) is 13.6. The van der Waals surface area contributed by atoms with Gasteiger partial charge in [0.25, 0.3) is 0 Å². The van der Waals surface area contributed by atoms with Gasteiger partial charge in [0.1, 0.15) is 10.2 Å². The second kappa shape index (κ2) is 4.89. The first-order valence-corrected chi connectivity index (χ1v) is 7.77. The first-order chi connectivity index (χ1) is 9.04. The molecule has 0 N–H and O–H groups in total. The SMILES string of the molecule is Cc1nc(Cn2c(C)nc3ccc(Br)cc32)c(Cl)s1. The maximum atomic E-state index is 6.21. The summed E-state index contributed by atoms with van der Waals surface area (Å²) in [7, 11) is 0. The number of fused-ring (bicyclic) bond motifs is 1. The Balaban J connectivity index is 2.12. The highest BCUT2D eigenvalue weighted by atomic mass is 79.9. The predicted molar refractivity (Wildman–Crippen MR) is 83.1 cm³/mol. The van der Waals surface area contributed by atoms with Crippen LogP contribution in [0.5, 0.6) is 0 Å². The van der Waals surface area contributed by atoms with Crippen LogP contribution >= 0.6 is 38.9 Å². The molecule has 0 atom stereocenters. The number of benzene rings is 1. The summed E-state index contributed by atoms with van der Waals surface area (Å²) in [5, 5.41) is 0.989. The van der Waals surface area contributed by atoms with Gasteiger partial charge in [-0.2, -0.15) is 0 Å². The number of halogens is 2. The van der Waals surface area contributed by atoms with Gasteiger partial charge < -0.3 is 4.57 Å². The summed E-state index contributed by atoms with van der Waals surface area (Å²) < 4.78 is 3.94. The van der Waals surface area contributed by atoms with Gasteiger partial charge in [-0.15, -0.1) is 11.3 Å². The molecule has 1 aromatic carbocycles. The highest BCUT2D eigenvalue weighted by molar-refractivity contribution is 9.10. The molecule has 0 bridgehead atoms. The van der Waals surface area contributed by atoms with E-state index >= 15 is 0 Å². The summed E-state index contributed by atoms with van der Waals surface area (Å²) in [6, 6.07) is 6.08. The summed E-state index contributed by atoms with van der Waals surface area (Å²) >= 11 is 11.2. The third-order valence-electron chi connectivity index (χ3n) is 2.97. The molecule has 0 fully saturated rings. The molecule has 0 unspecified atom stereocenters. The van der Waals surface area contributed by atoms with Gasteiger partial charge in [0.05, 0.1) is 28.3 Å². The minimum absolute atomic E-state index is 0.655. The van der Waals surface area contributed by atoms with E-state index in [0.29, 0.717) is 6.54 Å². The van der Waals surface area contributed by atoms with Gasteiger partial charge in [0.15, 0.2) is 0 Å². The second-order valence-electron chi connectivity index (χ2n) is 4.33. The van der Waals surface area contributed by atoms with Crippen LogP contribution in [0.3, 0.4) is 0 Å². The molecule has 0 saturated heterocycles. The normalized spacial score (nSPS) is 11.4. The molecule has 3 aromatic rings. The zero-order valence-electron chi connectivity index (χ0n) is 10.4. The van der Waals surface area contributed by atoms with Gasteiger partial charge >= 0.3 is 0 Å². The van der Waals surface area contributed by atoms with Gasteiger partial charge in [-0.1, -0.05) is 27.5 Å². The minimum atomic E-state index is 0.655. The Labute approximate surface area is 128 Å². The molecule has 2 aromatic heterocycles. The molecular weight excluding hydrogens is 346 g/mol. The van der Waals surface area contributed by atoms with Crippen LogP contribution in [0.25, 0.3) is 11.0 Å². The van der Waals surface area contributed by atoms with Crippen LogP contribution in [0.1, 0.15) is 16.5 Å². The van der Waals surface area contributed by atoms with E-state index in [4.69, 9.17) is 11.6 Å². The van der Waals surface area contributed by atoms with Gasteiger partial charge in [-0.25, -0.2) is 9.97 Å².